The van der Waals surface area contributed by atoms with Crippen LogP contribution in [0.1, 0.15) is 27.3 Å². The number of hydrogen-bond donors (Lipinski definition) is 0. The number of aromatic nitrogens is 2. The van der Waals surface area contributed by atoms with E-state index < -0.39 is 0 Å². The summed E-state index contributed by atoms with van der Waals surface area (Å²) in [6.45, 7) is 4.42. The third-order valence-electron chi connectivity index (χ3n) is 4.29. The van der Waals surface area contributed by atoms with Crippen LogP contribution in [0, 0.1) is 13.8 Å². The molecule has 0 saturated carbocycles. The van der Waals surface area contributed by atoms with Crippen molar-refractivity contribution in [2.75, 3.05) is 7.05 Å². The van der Waals surface area contributed by atoms with E-state index in [-0.39, 0.29) is 5.91 Å². The summed E-state index contributed by atoms with van der Waals surface area (Å²) < 4.78 is 1.90. The predicted octanol–water partition coefficient (Wildman–Crippen LogP) is 5.07. The van der Waals surface area contributed by atoms with Gasteiger partial charge in [-0.3, -0.25) is 4.79 Å². The predicted molar refractivity (Wildman–Crippen MR) is 105 cm³/mol. The Morgan fingerprint density at radius 1 is 1.08 bits per heavy atom. The Labute approximate surface area is 163 Å². The Morgan fingerprint density at radius 3 is 2.31 bits per heavy atom. The van der Waals surface area contributed by atoms with Crippen molar-refractivity contribution in [3.63, 3.8) is 0 Å². The monoisotopic (exact) mass is 387 g/mol. The summed E-state index contributed by atoms with van der Waals surface area (Å²) >= 11 is 12.0. The van der Waals surface area contributed by atoms with Gasteiger partial charge < -0.3 is 4.90 Å². The van der Waals surface area contributed by atoms with Gasteiger partial charge in [0.1, 0.15) is 0 Å². The first-order valence-corrected chi connectivity index (χ1v) is 8.94. The highest BCUT2D eigenvalue weighted by Gasteiger charge is 2.19. The molecule has 0 bridgehead atoms. The Morgan fingerprint density at radius 2 is 1.69 bits per heavy atom. The van der Waals surface area contributed by atoms with E-state index in [1.54, 1.807) is 30.1 Å². The lowest BCUT2D eigenvalue weighted by atomic mass is 10.1. The van der Waals surface area contributed by atoms with Gasteiger partial charge in [0.15, 0.2) is 0 Å². The molecule has 1 amide bonds. The van der Waals surface area contributed by atoms with Crippen LogP contribution in [0.3, 0.4) is 0 Å². The van der Waals surface area contributed by atoms with Gasteiger partial charge in [0.25, 0.3) is 5.91 Å². The second kappa shape index (κ2) is 7.52. The fourth-order valence-corrected chi connectivity index (χ4v) is 3.46. The van der Waals surface area contributed by atoms with Crippen LogP contribution in [0.4, 0.5) is 0 Å². The molecule has 0 aliphatic carbocycles. The fourth-order valence-electron chi connectivity index (χ4n) is 2.93. The van der Waals surface area contributed by atoms with Gasteiger partial charge in [0.2, 0.25) is 0 Å². The molecular weight excluding hydrogens is 369 g/mol. The average molecular weight is 388 g/mol. The first kappa shape index (κ1) is 18.5. The van der Waals surface area contributed by atoms with Crippen LogP contribution >= 0.6 is 23.2 Å². The van der Waals surface area contributed by atoms with Crippen molar-refractivity contribution >= 4 is 29.1 Å². The zero-order valence-corrected chi connectivity index (χ0v) is 16.3. The van der Waals surface area contributed by atoms with Crippen molar-refractivity contribution in [1.29, 1.82) is 0 Å². The maximum atomic E-state index is 12.7. The third-order valence-corrected chi connectivity index (χ3v) is 4.73. The SMILES string of the molecule is Cc1nn(-c2ccccc2)c(C)c1CN(C)C(=O)c1cc(Cl)cc(Cl)c1. The molecule has 0 atom stereocenters. The minimum atomic E-state index is -0.138. The van der Waals surface area contributed by atoms with Gasteiger partial charge in [-0.1, -0.05) is 41.4 Å². The zero-order chi connectivity index (χ0) is 18.8. The molecule has 1 aromatic heterocycles. The molecule has 0 aliphatic heterocycles. The van der Waals surface area contributed by atoms with Gasteiger partial charge in [-0.2, -0.15) is 5.10 Å². The van der Waals surface area contributed by atoms with E-state index in [1.807, 2.05) is 48.9 Å². The molecule has 6 heteroatoms. The van der Waals surface area contributed by atoms with E-state index in [0.29, 0.717) is 22.2 Å². The summed E-state index contributed by atoms with van der Waals surface area (Å²) in [5, 5.41) is 5.52. The molecule has 4 nitrogen and oxygen atoms in total. The van der Waals surface area contributed by atoms with Crippen LogP contribution in [-0.4, -0.2) is 27.6 Å². The molecule has 134 valence electrons. The number of halogens is 2. The lowest BCUT2D eigenvalue weighted by molar-refractivity contribution is 0.0784. The van der Waals surface area contributed by atoms with E-state index in [9.17, 15) is 4.79 Å². The van der Waals surface area contributed by atoms with Crippen LogP contribution < -0.4 is 0 Å². The van der Waals surface area contributed by atoms with Crippen LogP contribution in [0.5, 0.6) is 0 Å². The van der Waals surface area contributed by atoms with E-state index in [2.05, 4.69) is 5.10 Å². The molecule has 3 aromatic rings. The van der Waals surface area contributed by atoms with Gasteiger partial charge >= 0.3 is 0 Å². The molecule has 26 heavy (non-hydrogen) atoms. The van der Waals surface area contributed by atoms with E-state index in [1.165, 1.54) is 0 Å². The normalized spacial score (nSPS) is 10.8. The standard InChI is InChI=1S/C20H19Cl2N3O/c1-13-19(14(2)25(23-13)18-7-5-4-6-8-18)12-24(3)20(26)15-9-16(21)11-17(22)10-15/h4-11H,12H2,1-3H3. The fraction of sp³-hybridized carbons (Fsp3) is 0.200. The molecule has 0 aliphatic rings. The Kier molecular flexibility index (Phi) is 5.35. The molecule has 0 radical (unpaired) electrons. The number of hydrogen-bond acceptors (Lipinski definition) is 2. The maximum absolute atomic E-state index is 12.7. The van der Waals surface area contributed by atoms with Gasteiger partial charge in [-0.25, -0.2) is 4.68 Å². The van der Waals surface area contributed by atoms with Crippen molar-refractivity contribution in [2.45, 2.75) is 20.4 Å². The number of para-hydroxylation sites is 1. The Bertz CT molecular complexity index is 931. The number of nitrogens with zero attached hydrogens (tertiary/aromatic N) is 3. The smallest absolute Gasteiger partial charge is 0.254 e. The number of benzene rings is 2. The highest BCUT2D eigenvalue weighted by atomic mass is 35.5. The lowest BCUT2D eigenvalue weighted by Gasteiger charge is -2.18. The van der Waals surface area contributed by atoms with Crippen molar-refractivity contribution in [3.05, 3.63) is 81.1 Å². The first-order chi connectivity index (χ1) is 12.4. The summed E-state index contributed by atoms with van der Waals surface area (Å²) in [5.41, 5.74) is 4.40. The summed E-state index contributed by atoms with van der Waals surface area (Å²) in [6, 6.07) is 14.8. The summed E-state index contributed by atoms with van der Waals surface area (Å²) in [4.78, 5) is 14.4. The molecule has 0 saturated heterocycles. The molecule has 1 heterocycles. The summed E-state index contributed by atoms with van der Waals surface area (Å²) in [6.07, 6.45) is 0. The lowest BCUT2D eigenvalue weighted by Crippen LogP contribution is -2.26. The van der Waals surface area contributed by atoms with Gasteiger partial charge in [0.05, 0.1) is 11.4 Å². The topological polar surface area (TPSA) is 38.1 Å². The number of rotatable bonds is 4. The Hall–Kier alpha value is -2.30. The van der Waals surface area contributed by atoms with Crippen molar-refractivity contribution in [1.82, 2.24) is 14.7 Å². The van der Waals surface area contributed by atoms with E-state index >= 15 is 0 Å². The largest absolute Gasteiger partial charge is 0.337 e. The molecule has 0 unspecified atom stereocenters. The average Bonchev–Trinajstić information content (AvgIpc) is 2.89. The molecule has 0 spiro atoms. The highest BCUT2D eigenvalue weighted by molar-refractivity contribution is 6.35. The number of carbonyl (C=O) groups is 1. The quantitative estimate of drug-likeness (QED) is 0.626. The second-order valence-corrected chi connectivity index (χ2v) is 7.09. The molecule has 2 aromatic carbocycles. The summed E-state index contributed by atoms with van der Waals surface area (Å²) in [7, 11) is 1.76. The van der Waals surface area contributed by atoms with Crippen LogP contribution in [-0.2, 0) is 6.54 Å². The zero-order valence-electron chi connectivity index (χ0n) is 14.8. The maximum Gasteiger partial charge on any atom is 0.254 e. The molecule has 0 N–H and O–H groups in total. The molecular formula is C20H19Cl2N3O. The minimum Gasteiger partial charge on any atom is -0.337 e. The second-order valence-electron chi connectivity index (χ2n) is 6.22. The van der Waals surface area contributed by atoms with Gasteiger partial charge in [-0.05, 0) is 44.2 Å². The molecule has 3 rings (SSSR count). The van der Waals surface area contributed by atoms with Crippen LogP contribution in [0.25, 0.3) is 5.69 Å². The van der Waals surface area contributed by atoms with Gasteiger partial charge in [0, 0.05) is 40.5 Å². The van der Waals surface area contributed by atoms with Crippen molar-refractivity contribution in [3.8, 4) is 5.69 Å². The van der Waals surface area contributed by atoms with Crippen molar-refractivity contribution in [2.24, 2.45) is 0 Å². The van der Waals surface area contributed by atoms with Crippen molar-refractivity contribution < 1.29 is 4.79 Å². The van der Waals surface area contributed by atoms with Gasteiger partial charge in [-0.15, -0.1) is 0 Å². The van der Waals surface area contributed by atoms with Crippen LogP contribution in [0.2, 0.25) is 10.0 Å². The van der Waals surface area contributed by atoms with E-state index in [0.717, 1.165) is 22.6 Å². The van der Waals surface area contributed by atoms with Crippen LogP contribution in [0.15, 0.2) is 48.5 Å². The first-order valence-electron chi connectivity index (χ1n) is 8.19. The summed E-state index contributed by atoms with van der Waals surface area (Å²) in [5.74, 6) is -0.138. The third kappa shape index (κ3) is 3.76. The molecule has 0 fully saturated rings. The Balaban J connectivity index is 1.87. The number of carbonyl (C=O) groups excluding carboxylic acids is 1. The highest BCUT2D eigenvalue weighted by Crippen LogP contribution is 2.22. The number of aryl methyl sites for hydroxylation is 1. The number of amides is 1. The minimum absolute atomic E-state index is 0.138. The van der Waals surface area contributed by atoms with E-state index in [4.69, 9.17) is 23.2 Å².